The first-order valence-corrected chi connectivity index (χ1v) is 6.96. The third-order valence-electron chi connectivity index (χ3n) is 3.95. The van der Waals surface area contributed by atoms with Gasteiger partial charge in [0.25, 0.3) is 0 Å². The van der Waals surface area contributed by atoms with E-state index in [1.807, 2.05) is 6.07 Å². The van der Waals surface area contributed by atoms with Crippen LogP contribution in [0.1, 0.15) is 18.4 Å². The largest absolute Gasteiger partial charge is 0.381 e. The lowest BCUT2D eigenvalue weighted by molar-refractivity contribution is -0.107. The standard InChI is InChI=1S/C16H19NO2/c18-8-4-13-1-2-15-3-7-17(16(15)11-13)12-14-5-9-19-10-6-14/h1-3,7-8,11,14H,4-6,9-10,12H2. The Morgan fingerprint density at radius 1 is 1.26 bits per heavy atom. The zero-order valence-electron chi connectivity index (χ0n) is 11.0. The van der Waals surface area contributed by atoms with Crippen molar-refractivity contribution < 1.29 is 9.53 Å². The second kappa shape index (κ2) is 5.57. The molecule has 19 heavy (non-hydrogen) atoms. The maximum atomic E-state index is 10.6. The van der Waals surface area contributed by atoms with Gasteiger partial charge in [0.05, 0.1) is 0 Å². The minimum atomic E-state index is 0.498. The van der Waals surface area contributed by atoms with E-state index in [1.54, 1.807) is 0 Å². The van der Waals surface area contributed by atoms with Crippen LogP contribution in [-0.4, -0.2) is 24.1 Å². The summed E-state index contributed by atoms with van der Waals surface area (Å²) in [7, 11) is 0. The molecule has 0 amide bonds. The van der Waals surface area contributed by atoms with E-state index in [0.29, 0.717) is 12.3 Å². The molecule has 1 aromatic carbocycles. The molecular weight excluding hydrogens is 238 g/mol. The van der Waals surface area contributed by atoms with E-state index in [0.717, 1.165) is 44.4 Å². The zero-order chi connectivity index (χ0) is 13.1. The molecule has 1 aromatic heterocycles. The summed E-state index contributed by atoms with van der Waals surface area (Å²) < 4.78 is 7.73. The Kier molecular flexibility index (Phi) is 3.65. The summed E-state index contributed by atoms with van der Waals surface area (Å²) in [4.78, 5) is 10.6. The lowest BCUT2D eigenvalue weighted by Gasteiger charge is -2.22. The lowest BCUT2D eigenvalue weighted by atomic mass is 10.0. The van der Waals surface area contributed by atoms with Crippen molar-refractivity contribution in [2.45, 2.75) is 25.8 Å². The Bertz CT molecular complexity index is 567. The molecule has 0 spiro atoms. The molecule has 1 aliphatic heterocycles. The molecule has 1 saturated heterocycles. The molecule has 3 heteroatoms. The minimum Gasteiger partial charge on any atom is -0.381 e. The molecule has 2 heterocycles. The van der Waals surface area contributed by atoms with Gasteiger partial charge < -0.3 is 14.1 Å². The van der Waals surface area contributed by atoms with Crippen LogP contribution in [0.5, 0.6) is 0 Å². The van der Waals surface area contributed by atoms with Gasteiger partial charge in [-0.3, -0.25) is 0 Å². The molecule has 1 fully saturated rings. The highest BCUT2D eigenvalue weighted by atomic mass is 16.5. The van der Waals surface area contributed by atoms with Gasteiger partial charge in [0.15, 0.2) is 0 Å². The summed E-state index contributed by atoms with van der Waals surface area (Å²) in [6.07, 6.45) is 5.91. The van der Waals surface area contributed by atoms with Crippen molar-refractivity contribution in [1.82, 2.24) is 4.57 Å². The Hall–Kier alpha value is -1.61. The fourth-order valence-electron chi connectivity index (χ4n) is 2.82. The van der Waals surface area contributed by atoms with Gasteiger partial charge >= 0.3 is 0 Å². The first-order valence-electron chi connectivity index (χ1n) is 6.96. The maximum Gasteiger partial charge on any atom is 0.124 e. The summed E-state index contributed by atoms with van der Waals surface area (Å²) in [5.41, 5.74) is 2.33. The van der Waals surface area contributed by atoms with E-state index in [1.165, 1.54) is 10.9 Å². The first-order chi connectivity index (χ1) is 9.36. The Balaban J connectivity index is 1.85. The highest BCUT2D eigenvalue weighted by molar-refractivity contribution is 5.81. The second-order valence-electron chi connectivity index (χ2n) is 5.29. The predicted molar refractivity (Wildman–Crippen MR) is 75.2 cm³/mol. The summed E-state index contributed by atoms with van der Waals surface area (Å²) in [5, 5.41) is 1.25. The van der Waals surface area contributed by atoms with Crippen molar-refractivity contribution in [1.29, 1.82) is 0 Å². The third kappa shape index (κ3) is 2.71. The molecule has 0 unspecified atom stereocenters. The number of aromatic nitrogens is 1. The van der Waals surface area contributed by atoms with Crippen LogP contribution in [0, 0.1) is 5.92 Å². The van der Waals surface area contributed by atoms with Crippen LogP contribution < -0.4 is 0 Å². The number of fused-ring (bicyclic) bond motifs is 1. The topological polar surface area (TPSA) is 31.2 Å². The van der Waals surface area contributed by atoms with E-state index in [4.69, 9.17) is 4.74 Å². The molecular formula is C16H19NO2. The van der Waals surface area contributed by atoms with E-state index in [9.17, 15) is 4.79 Å². The molecule has 0 atom stereocenters. The van der Waals surface area contributed by atoms with Crippen molar-refractivity contribution in [3.05, 3.63) is 36.0 Å². The highest BCUT2D eigenvalue weighted by Gasteiger charge is 2.15. The fraction of sp³-hybridized carbons (Fsp3) is 0.438. The van der Waals surface area contributed by atoms with Gasteiger partial charge in [-0.2, -0.15) is 0 Å². The molecule has 0 N–H and O–H groups in total. The molecule has 0 radical (unpaired) electrons. The molecule has 2 aromatic rings. The molecule has 0 aliphatic carbocycles. The van der Waals surface area contributed by atoms with Crippen molar-refractivity contribution in [2.24, 2.45) is 5.92 Å². The lowest BCUT2D eigenvalue weighted by Crippen LogP contribution is -2.20. The van der Waals surface area contributed by atoms with Gasteiger partial charge in [0, 0.05) is 37.9 Å². The van der Waals surface area contributed by atoms with E-state index >= 15 is 0 Å². The van der Waals surface area contributed by atoms with E-state index in [2.05, 4.69) is 29.0 Å². The van der Waals surface area contributed by atoms with Crippen molar-refractivity contribution in [3.8, 4) is 0 Å². The molecule has 100 valence electrons. The van der Waals surface area contributed by atoms with Gasteiger partial charge in [-0.1, -0.05) is 12.1 Å². The average molecular weight is 257 g/mol. The molecule has 0 saturated carbocycles. The van der Waals surface area contributed by atoms with Crippen LogP contribution in [0.2, 0.25) is 0 Å². The number of hydrogen-bond acceptors (Lipinski definition) is 2. The fourth-order valence-corrected chi connectivity index (χ4v) is 2.82. The van der Waals surface area contributed by atoms with E-state index < -0.39 is 0 Å². The van der Waals surface area contributed by atoms with Crippen LogP contribution in [0.4, 0.5) is 0 Å². The van der Waals surface area contributed by atoms with Crippen LogP contribution in [-0.2, 0) is 22.5 Å². The molecule has 0 bridgehead atoms. The zero-order valence-corrected chi connectivity index (χ0v) is 11.0. The number of nitrogens with zero attached hydrogens (tertiary/aromatic N) is 1. The predicted octanol–water partition coefficient (Wildman–Crippen LogP) is 2.81. The minimum absolute atomic E-state index is 0.498. The SMILES string of the molecule is O=CCc1ccc2ccn(CC3CCOCC3)c2c1. The van der Waals surface area contributed by atoms with Gasteiger partial charge in [-0.15, -0.1) is 0 Å². The number of ether oxygens (including phenoxy) is 1. The second-order valence-corrected chi connectivity index (χ2v) is 5.29. The average Bonchev–Trinajstić information content (AvgIpc) is 2.83. The number of benzene rings is 1. The first kappa shape index (κ1) is 12.4. The van der Waals surface area contributed by atoms with Gasteiger partial charge in [0.2, 0.25) is 0 Å². The summed E-state index contributed by atoms with van der Waals surface area (Å²) in [6, 6.07) is 8.44. The smallest absolute Gasteiger partial charge is 0.124 e. The summed E-state index contributed by atoms with van der Waals surface area (Å²) in [6.45, 7) is 2.83. The van der Waals surface area contributed by atoms with E-state index in [-0.39, 0.29) is 0 Å². The molecule has 3 nitrogen and oxygen atoms in total. The molecule has 3 rings (SSSR count). The number of carbonyl (C=O) groups is 1. The van der Waals surface area contributed by atoms with Crippen LogP contribution in [0.3, 0.4) is 0 Å². The van der Waals surface area contributed by atoms with Gasteiger partial charge in [0.1, 0.15) is 6.29 Å². The Labute approximate surface area is 113 Å². The number of aldehydes is 1. The van der Waals surface area contributed by atoms with Gasteiger partial charge in [-0.05, 0) is 41.8 Å². The highest BCUT2D eigenvalue weighted by Crippen LogP contribution is 2.22. The van der Waals surface area contributed by atoms with Crippen LogP contribution >= 0.6 is 0 Å². The number of carbonyl (C=O) groups excluding carboxylic acids is 1. The number of hydrogen-bond donors (Lipinski definition) is 0. The molecule has 1 aliphatic rings. The normalized spacial score (nSPS) is 16.8. The number of rotatable bonds is 4. The maximum absolute atomic E-state index is 10.6. The summed E-state index contributed by atoms with van der Waals surface area (Å²) >= 11 is 0. The van der Waals surface area contributed by atoms with Crippen molar-refractivity contribution in [3.63, 3.8) is 0 Å². The van der Waals surface area contributed by atoms with Crippen molar-refractivity contribution >= 4 is 17.2 Å². The van der Waals surface area contributed by atoms with Crippen LogP contribution in [0.15, 0.2) is 30.5 Å². The quantitative estimate of drug-likeness (QED) is 0.789. The summed E-state index contributed by atoms with van der Waals surface area (Å²) in [5.74, 6) is 0.707. The van der Waals surface area contributed by atoms with Crippen LogP contribution in [0.25, 0.3) is 10.9 Å². The monoisotopic (exact) mass is 257 g/mol. The third-order valence-corrected chi connectivity index (χ3v) is 3.95. The Morgan fingerprint density at radius 2 is 2.11 bits per heavy atom. The van der Waals surface area contributed by atoms with Crippen molar-refractivity contribution in [2.75, 3.05) is 13.2 Å². The Morgan fingerprint density at radius 3 is 2.89 bits per heavy atom. The van der Waals surface area contributed by atoms with Gasteiger partial charge in [-0.25, -0.2) is 0 Å².